The Bertz CT molecular complexity index is 986. The fourth-order valence-electron chi connectivity index (χ4n) is 3.71. The van der Waals surface area contributed by atoms with E-state index in [-0.39, 0.29) is 11.8 Å². The number of anilines is 1. The lowest BCUT2D eigenvalue weighted by Gasteiger charge is -2.31. The van der Waals surface area contributed by atoms with Crippen molar-refractivity contribution in [3.63, 3.8) is 0 Å². The number of hydrogen-bond acceptors (Lipinski definition) is 4. The average molecular weight is 413 g/mol. The lowest BCUT2D eigenvalue weighted by Crippen LogP contribution is -2.43. The molecule has 0 aliphatic carbocycles. The van der Waals surface area contributed by atoms with E-state index in [1.165, 1.54) is 0 Å². The van der Waals surface area contributed by atoms with Crippen LogP contribution in [-0.2, 0) is 11.3 Å². The molecule has 6 nitrogen and oxygen atoms in total. The maximum Gasteiger partial charge on any atom is 0.225 e. The standard InChI is InChI=1S/C22H25ClN4O2/c1-2-29-18-8-5-15(6-9-18)13-24-21(28)16-4-3-11-27(14-16)22-25-19-10-7-17(23)12-20(19)26-22/h5-10,12,16H,2-4,11,13-14H2,1H3,(H,24,28)(H,25,26). The van der Waals surface area contributed by atoms with E-state index in [1.54, 1.807) is 0 Å². The number of aromatic amines is 1. The summed E-state index contributed by atoms with van der Waals surface area (Å²) in [6.45, 7) is 4.67. The first-order valence-electron chi connectivity index (χ1n) is 10.0. The van der Waals surface area contributed by atoms with Gasteiger partial charge in [0.15, 0.2) is 0 Å². The molecule has 0 spiro atoms. The zero-order chi connectivity index (χ0) is 20.2. The maximum atomic E-state index is 12.7. The number of H-pyrrole nitrogens is 1. The van der Waals surface area contributed by atoms with Crippen molar-refractivity contribution in [2.24, 2.45) is 5.92 Å². The van der Waals surface area contributed by atoms with Crippen molar-refractivity contribution in [2.75, 3.05) is 24.6 Å². The second-order valence-electron chi connectivity index (χ2n) is 7.30. The quantitative estimate of drug-likeness (QED) is 0.638. The van der Waals surface area contributed by atoms with Crippen LogP contribution in [0.2, 0.25) is 5.02 Å². The van der Waals surface area contributed by atoms with Crippen LogP contribution in [0.3, 0.4) is 0 Å². The zero-order valence-corrected chi connectivity index (χ0v) is 17.2. The van der Waals surface area contributed by atoms with Crippen molar-refractivity contribution in [3.8, 4) is 5.75 Å². The van der Waals surface area contributed by atoms with Gasteiger partial charge in [0.1, 0.15) is 5.75 Å². The van der Waals surface area contributed by atoms with Gasteiger partial charge in [0.05, 0.1) is 23.6 Å². The van der Waals surface area contributed by atoms with Gasteiger partial charge >= 0.3 is 0 Å². The molecule has 152 valence electrons. The molecule has 2 aromatic carbocycles. The summed E-state index contributed by atoms with van der Waals surface area (Å²) in [6, 6.07) is 13.4. The highest BCUT2D eigenvalue weighted by Gasteiger charge is 2.27. The second kappa shape index (κ2) is 8.74. The molecule has 2 heterocycles. The third-order valence-electron chi connectivity index (χ3n) is 5.22. The van der Waals surface area contributed by atoms with Crippen LogP contribution in [0.1, 0.15) is 25.3 Å². The Kier molecular flexibility index (Phi) is 5.90. The molecule has 0 saturated carbocycles. The van der Waals surface area contributed by atoms with Gasteiger partial charge in [-0.2, -0.15) is 0 Å². The van der Waals surface area contributed by atoms with E-state index >= 15 is 0 Å². The Morgan fingerprint density at radius 2 is 2.14 bits per heavy atom. The molecule has 1 atom stereocenters. The second-order valence-corrected chi connectivity index (χ2v) is 7.74. The van der Waals surface area contributed by atoms with Crippen LogP contribution in [-0.4, -0.2) is 35.6 Å². The van der Waals surface area contributed by atoms with Crippen LogP contribution in [0.15, 0.2) is 42.5 Å². The number of nitrogens with one attached hydrogen (secondary N) is 2. The predicted molar refractivity (Wildman–Crippen MR) is 115 cm³/mol. The van der Waals surface area contributed by atoms with Gasteiger partial charge in [-0.15, -0.1) is 0 Å². The minimum Gasteiger partial charge on any atom is -0.494 e. The minimum atomic E-state index is -0.0525. The number of halogens is 1. The van der Waals surface area contributed by atoms with E-state index in [1.807, 2.05) is 49.4 Å². The molecule has 2 N–H and O–H groups in total. The van der Waals surface area contributed by atoms with Gasteiger partial charge in [-0.3, -0.25) is 4.79 Å². The highest BCUT2D eigenvalue weighted by molar-refractivity contribution is 6.31. The number of carbonyl (C=O) groups is 1. The molecule has 1 aromatic heterocycles. The SMILES string of the molecule is CCOc1ccc(CNC(=O)C2CCCN(c3nc4ccc(Cl)cc4[nH]3)C2)cc1. The first-order valence-corrected chi connectivity index (χ1v) is 10.4. The van der Waals surface area contributed by atoms with Crippen molar-refractivity contribution in [2.45, 2.75) is 26.3 Å². The number of aromatic nitrogens is 2. The molecule has 7 heteroatoms. The van der Waals surface area contributed by atoms with Crippen molar-refractivity contribution in [1.29, 1.82) is 0 Å². The van der Waals surface area contributed by atoms with Crippen LogP contribution in [0.25, 0.3) is 11.0 Å². The molecule has 3 aromatic rings. The first-order chi connectivity index (χ1) is 14.1. The topological polar surface area (TPSA) is 70.2 Å². The molecular weight excluding hydrogens is 388 g/mol. The largest absolute Gasteiger partial charge is 0.494 e. The van der Waals surface area contributed by atoms with Crippen LogP contribution >= 0.6 is 11.6 Å². The fourth-order valence-corrected chi connectivity index (χ4v) is 3.88. The molecule has 0 bridgehead atoms. The van der Waals surface area contributed by atoms with Gasteiger partial charge in [-0.05, 0) is 55.7 Å². The number of benzene rings is 2. The number of imidazole rings is 1. The van der Waals surface area contributed by atoms with Gasteiger partial charge in [0, 0.05) is 24.7 Å². The Labute approximate surface area is 175 Å². The molecule has 1 aliphatic rings. The number of hydrogen-bond donors (Lipinski definition) is 2. The molecule has 1 saturated heterocycles. The Morgan fingerprint density at radius 3 is 2.93 bits per heavy atom. The van der Waals surface area contributed by atoms with E-state index in [2.05, 4.69) is 20.2 Å². The summed E-state index contributed by atoms with van der Waals surface area (Å²) < 4.78 is 5.45. The molecule has 1 fully saturated rings. The number of amides is 1. The van der Waals surface area contributed by atoms with Gasteiger partial charge < -0.3 is 19.9 Å². The van der Waals surface area contributed by atoms with Gasteiger partial charge in [-0.1, -0.05) is 23.7 Å². The Balaban J connectivity index is 1.36. The summed E-state index contributed by atoms with van der Waals surface area (Å²) in [5.41, 5.74) is 2.85. The van der Waals surface area contributed by atoms with Crippen molar-refractivity contribution in [1.82, 2.24) is 15.3 Å². The summed E-state index contributed by atoms with van der Waals surface area (Å²) in [6.07, 6.45) is 1.84. The van der Waals surface area contributed by atoms with E-state index in [0.717, 1.165) is 47.7 Å². The minimum absolute atomic E-state index is 0.0525. The van der Waals surface area contributed by atoms with E-state index in [9.17, 15) is 4.79 Å². The Morgan fingerprint density at radius 1 is 1.31 bits per heavy atom. The third-order valence-corrected chi connectivity index (χ3v) is 5.46. The van der Waals surface area contributed by atoms with Gasteiger partial charge in [0.2, 0.25) is 11.9 Å². The number of rotatable bonds is 6. The van der Waals surface area contributed by atoms with Crippen LogP contribution < -0.4 is 15.0 Å². The highest BCUT2D eigenvalue weighted by atomic mass is 35.5. The number of piperidine rings is 1. The summed E-state index contributed by atoms with van der Waals surface area (Å²) in [7, 11) is 0. The van der Waals surface area contributed by atoms with Crippen LogP contribution in [0.4, 0.5) is 5.95 Å². The number of fused-ring (bicyclic) bond motifs is 1. The summed E-state index contributed by atoms with van der Waals surface area (Å²) in [5, 5.41) is 3.75. The van der Waals surface area contributed by atoms with E-state index in [0.29, 0.717) is 24.7 Å². The smallest absolute Gasteiger partial charge is 0.225 e. The number of ether oxygens (including phenoxy) is 1. The summed E-state index contributed by atoms with van der Waals surface area (Å²) in [5.74, 6) is 1.68. The highest BCUT2D eigenvalue weighted by Crippen LogP contribution is 2.25. The molecule has 1 unspecified atom stereocenters. The van der Waals surface area contributed by atoms with Crippen LogP contribution in [0, 0.1) is 5.92 Å². The Hall–Kier alpha value is -2.73. The molecular formula is C22H25ClN4O2. The van der Waals surface area contributed by atoms with Crippen LogP contribution in [0.5, 0.6) is 5.75 Å². The first kappa shape index (κ1) is 19.6. The molecule has 4 rings (SSSR count). The number of nitrogens with zero attached hydrogens (tertiary/aromatic N) is 2. The summed E-state index contributed by atoms with van der Waals surface area (Å²) >= 11 is 6.07. The van der Waals surface area contributed by atoms with Gasteiger partial charge in [-0.25, -0.2) is 4.98 Å². The van der Waals surface area contributed by atoms with Gasteiger partial charge in [0.25, 0.3) is 0 Å². The maximum absolute atomic E-state index is 12.7. The normalized spacial score (nSPS) is 16.8. The van der Waals surface area contributed by atoms with Crippen molar-refractivity contribution in [3.05, 3.63) is 53.1 Å². The average Bonchev–Trinajstić information content (AvgIpc) is 3.16. The molecule has 1 amide bonds. The molecule has 0 radical (unpaired) electrons. The fraction of sp³-hybridized carbons (Fsp3) is 0.364. The lowest BCUT2D eigenvalue weighted by atomic mass is 9.97. The van der Waals surface area contributed by atoms with E-state index < -0.39 is 0 Å². The lowest BCUT2D eigenvalue weighted by molar-refractivity contribution is -0.125. The zero-order valence-electron chi connectivity index (χ0n) is 16.5. The predicted octanol–water partition coefficient (Wildman–Crippen LogP) is 4.15. The third kappa shape index (κ3) is 4.65. The van der Waals surface area contributed by atoms with Crippen molar-refractivity contribution >= 4 is 34.5 Å². The molecule has 29 heavy (non-hydrogen) atoms. The monoisotopic (exact) mass is 412 g/mol. The van der Waals surface area contributed by atoms with E-state index in [4.69, 9.17) is 16.3 Å². The number of carbonyl (C=O) groups excluding carboxylic acids is 1. The molecule has 1 aliphatic heterocycles. The summed E-state index contributed by atoms with van der Waals surface area (Å²) in [4.78, 5) is 22.9. The van der Waals surface area contributed by atoms with Crippen molar-refractivity contribution < 1.29 is 9.53 Å².